The lowest BCUT2D eigenvalue weighted by molar-refractivity contribution is -0.145. The van der Waals surface area contributed by atoms with Gasteiger partial charge in [-0.05, 0) is 44.9 Å². The predicted octanol–water partition coefficient (Wildman–Crippen LogP) is 3.05. The van der Waals surface area contributed by atoms with E-state index in [4.69, 9.17) is 4.74 Å². The second-order valence-electron chi connectivity index (χ2n) is 11.7. The van der Waals surface area contributed by atoms with Gasteiger partial charge in [0.25, 0.3) is 5.91 Å². The summed E-state index contributed by atoms with van der Waals surface area (Å²) in [6.07, 6.45) is 3.06. The Hall–Kier alpha value is -2.38. The number of hydrogen-bond acceptors (Lipinski definition) is 7. The fraction of sp³-hybridized carbons (Fsp3) is 0.731. The molecule has 0 bridgehead atoms. The van der Waals surface area contributed by atoms with Crippen LogP contribution in [0.3, 0.4) is 0 Å². The van der Waals surface area contributed by atoms with Gasteiger partial charge >= 0.3 is 6.61 Å². The summed E-state index contributed by atoms with van der Waals surface area (Å²) in [5.74, 6) is 0.0269. The maximum absolute atomic E-state index is 13.4. The zero-order chi connectivity index (χ0) is 29.2. The number of sulfone groups is 1. The van der Waals surface area contributed by atoms with Crippen molar-refractivity contribution in [1.29, 1.82) is 0 Å². The third kappa shape index (κ3) is 8.07. The smallest absolute Gasteiger partial charge is 0.345 e. The Morgan fingerprint density at radius 2 is 2.00 bits per heavy atom. The molecule has 3 rings (SSSR count). The second kappa shape index (κ2) is 12.0. The van der Waals surface area contributed by atoms with Gasteiger partial charge in [-0.2, -0.15) is 13.9 Å². The Labute approximate surface area is 229 Å². The first-order valence-corrected chi connectivity index (χ1v) is 15.2. The maximum atomic E-state index is 13.4. The van der Waals surface area contributed by atoms with Gasteiger partial charge in [0, 0.05) is 49.6 Å². The molecule has 13 heteroatoms. The van der Waals surface area contributed by atoms with Crippen LogP contribution in [-0.4, -0.2) is 78.0 Å². The van der Waals surface area contributed by atoms with Crippen LogP contribution in [0, 0.1) is 12.3 Å². The fourth-order valence-electron chi connectivity index (χ4n) is 4.93. The average Bonchev–Trinajstić information content (AvgIpc) is 3.16. The van der Waals surface area contributed by atoms with Crippen molar-refractivity contribution in [3.63, 3.8) is 0 Å². The SMILES string of the molecule is CCn1nc(C(=O)NCC2(O)CCC(S(C)(=O)=O)CC2)c(C)c1C1=CNC(=NCC(C)(C)C)CC1OC(F)F. The molecule has 3 N–H and O–H groups in total. The van der Waals surface area contributed by atoms with Gasteiger partial charge in [0.1, 0.15) is 15.7 Å². The Morgan fingerprint density at radius 1 is 1.36 bits per heavy atom. The lowest BCUT2D eigenvalue weighted by Crippen LogP contribution is -2.47. The van der Waals surface area contributed by atoms with E-state index in [1.165, 1.54) is 6.26 Å². The van der Waals surface area contributed by atoms with E-state index in [2.05, 4.69) is 20.7 Å². The molecule has 1 saturated carbocycles. The first kappa shape index (κ1) is 31.2. The highest BCUT2D eigenvalue weighted by molar-refractivity contribution is 7.91. The molecule has 1 fully saturated rings. The minimum Gasteiger partial charge on any atom is -0.388 e. The molecule has 10 nitrogen and oxygen atoms in total. The second-order valence-corrected chi connectivity index (χ2v) is 14.1. The van der Waals surface area contributed by atoms with Gasteiger partial charge in [0.15, 0.2) is 5.69 Å². The van der Waals surface area contributed by atoms with E-state index in [0.29, 0.717) is 48.6 Å². The van der Waals surface area contributed by atoms with Crippen LogP contribution in [0.4, 0.5) is 8.78 Å². The summed E-state index contributed by atoms with van der Waals surface area (Å²) in [5.41, 5.74) is 0.266. The molecular formula is C26H41F2N5O5S. The monoisotopic (exact) mass is 573 g/mol. The van der Waals surface area contributed by atoms with Gasteiger partial charge in [0.2, 0.25) is 0 Å². The number of alkyl halides is 2. The van der Waals surface area contributed by atoms with E-state index in [1.807, 2.05) is 27.7 Å². The van der Waals surface area contributed by atoms with Crippen LogP contribution in [0.15, 0.2) is 11.2 Å². The lowest BCUT2D eigenvalue weighted by atomic mass is 9.84. The van der Waals surface area contributed by atoms with Crippen LogP contribution in [0.25, 0.3) is 5.57 Å². The van der Waals surface area contributed by atoms with Gasteiger partial charge in [-0.3, -0.25) is 14.5 Å². The number of rotatable bonds is 9. The summed E-state index contributed by atoms with van der Waals surface area (Å²) >= 11 is 0. The number of carbonyl (C=O) groups is 1. The number of halogens is 2. The molecule has 1 aromatic rings. The van der Waals surface area contributed by atoms with E-state index < -0.39 is 39.3 Å². The standard InChI is InChI=1S/C26H41F2N5O5S/c1-7-33-22(18-13-29-20(30-14-25(3,4)5)12-19(18)38-24(27)28)16(2)21(32-33)23(34)31-15-26(35)10-8-17(9-11-26)39(6,36)37/h13,17,19,24,35H,7-12,14-15H2,1-6H3,(H,29,30)(H,31,34). The van der Waals surface area contributed by atoms with Gasteiger partial charge < -0.3 is 20.5 Å². The molecule has 0 spiro atoms. The van der Waals surface area contributed by atoms with E-state index in [1.54, 1.807) is 17.8 Å². The molecule has 1 aromatic heterocycles. The summed E-state index contributed by atoms with van der Waals surface area (Å²) in [6, 6.07) is 0. The molecule has 1 amide bonds. The summed E-state index contributed by atoms with van der Waals surface area (Å²) < 4.78 is 56.9. The van der Waals surface area contributed by atoms with E-state index >= 15 is 0 Å². The number of aryl methyl sites for hydroxylation is 1. The van der Waals surface area contributed by atoms with Gasteiger partial charge in [-0.1, -0.05) is 20.8 Å². The third-order valence-corrected chi connectivity index (χ3v) is 8.84. The Kier molecular flexibility index (Phi) is 9.59. The zero-order valence-corrected chi connectivity index (χ0v) is 24.4. The topological polar surface area (TPSA) is 135 Å². The largest absolute Gasteiger partial charge is 0.388 e. The average molecular weight is 574 g/mol. The van der Waals surface area contributed by atoms with Crippen molar-refractivity contribution in [2.24, 2.45) is 10.4 Å². The molecule has 0 radical (unpaired) electrons. The minimum atomic E-state index is -3.18. The predicted molar refractivity (Wildman–Crippen MR) is 145 cm³/mol. The number of aromatic nitrogens is 2. The number of nitrogens with zero attached hydrogens (tertiary/aromatic N) is 3. The molecule has 2 heterocycles. The van der Waals surface area contributed by atoms with Crippen molar-refractivity contribution in [3.8, 4) is 0 Å². The van der Waals surface area contributed by atoms with Crippen molar-refractivity contribution in [2.75, 3.05) is 19.3 Å². The highest BCUT2D eigenvalue weighted by atomic mass is 32.2. The molecule has 39 heavy (non-hydrogen) atoms. The molecule has 1 aliphatic heterocycles. The quantitative estimate of drug-likeness (QED) is 0.413. The zero-order valence-electron chi connectivity index (χ0n) is 23.6. The lowest BCUT2D eigenvalue weighted by Gasteiger charge is -2.35. The number of nitrogens with one attached hydrogen (secondary N) is 2. The number of hydrogen-bond donors (Lipinski definition) is 3. The number of aliphatic hydroxyl groups is 1. The third-order valence-electron chi connectivity index (χ3n) is 7.16. The molecule has 1 atom stereocenters. The molecule has 220 valence electrons. The van der Waals surface area contributed by atoms with Crippen LogP contribution in [0.2, 0.25) is 0 Å². The fourth-order valence-corrected chi connectivity index (χ4v) is 6.02. The van der Waals surface area contributed by atoms with Gasteiger partial charge in [0.05, 0.1) is 22.6 Å². The number of aliphatic imine (C=N–C) groups is 1. The normalized spacial score (nSPS) is 25.5. The van der Waals surface area contributed by atoms with Crippen LogP contribution < -0.4 is 10.6 Å². The van der Waals surface area contributed by atoms with E-state index in [-0.39, 0.29) is 36.9 Å². The van der Waals surface area contributed by atoms with Crippen molar-refractivity contribution in [2.45, 2.75) is 96.8 Å². The molecule has 2 aliphatic rings. The highest BCUT2D eigenvalue weighted by Gasteiger charge is 2.38. The number of carbonyl (C=O) groups excluding carboxylic acids is 1. The minimum absolute atomic E-state index is 0.0506. The molecule has 1 aliphatic carbocycles. The number of amidine groups is 1. The van der Waals surface area contributed by atoms with Crippen molar-refractivity contribution in [1.82, 2.24) is 20.4 Å². The summed E-state index contributed by atoms with van der Waals surface area (Å²) in [7, 11) is -3.18. The van der Waals surface area contributed by atoms with E-state index in [9.17, 15) is 27.1 Å². The van der Waals surface area contributed by atoms with E-state index in [0.717, 1.165) is 0 Å². The summed E-state index contributed by atoms with van der Waals surface area (Å²) in [6.45, 7) is 7.46. The highest BCUT2D eigenvalue weighted by Crippen LogP contribution is 2.33. The Balaban J connectivity index is 1.81. The van der Waals surface area contributed by atoms with Crippen LogP contribution >= 0.6 is 0 Å². The van der Waals surface area contributed by atoms with Crippen LogP contribution in [-0.2, 0) is 21.1 Å². The van der Waals surface area contributed by atoms with Crippen molar-refractivity contribution < 1.29 is 31.8 Å². The first-order chi connectivity index (χ1) is 18.0. The number of ether oxygens (including phenoxy) is 1. The molecule has 0 aromatic carbocycles. The molecular weight excluding hydrogens is 532 g/mol. The molecule has 1 unspecified atom stereocenters. The Morgan fingerprint density at radius 3 is 2.54 bits per heavy atom. The van der Waals surface area contributed by atoms with Crippen LogP contribution in [0.5, 0.6) is 0 Å². The van der Waals surface area contributed by atoms with Gasteiger partial charge in [-0.15, -0.1) is 0 Å². The van der Waals surface area contributed by atoms with Gasteiger partial charge in [-0.25, -0.2) is 8.42 Å². The van der Waals surface area contributed by atoms with Crippen molar-refractivity contribution >= 4 is 27.2 Å². The summed E-state index contributed by atoms with van der Waals surface area (Å²) in [4.78, 5) is 17.7. The van der Waals surface area contributed by atoms with Crippen molar-refractivity contribution in [3.05, 3.63) is 23.2 Å². The van der Waals surface area contributed by atoms with Crippen LogP contribution in [0.1, 0.15) is 81.5 Å². The molecule has 0 saturated heterocycles. The number of amides is 1. The Bertz CT molecular complexity index is 1210. The maximum Gasteiger partial charge on any atom is 0.345 e. The first-order valence-electron chi connectivity index (χ1n) is 13.2. The summed E-state index contributed by atoms with van der Waals surface area (Å²) in [5, 5.41) is 20.7.